The van der Waals surface area contributed by atoms with E-state index in [-0.39, 0.29) is 11.8 Å². The molecule has 8 heteroatoms. The van der Waals surface area contributed by atoms with Crippen LogP contribution in [0.3, 0.4) is 0 Å². The summed E-state index contributed by atoms with van der Waals surface area (Å²) in [4.78, 5) is 29.4. The van der Waals surface area contributed by atoms with Crippen LogP contribution in [0.25, 0.3) is 11.3 Å². The number of amides is 2. The first kappa shape index (κ1) is 20.6. The molecule has 0 fully saturated rings. The first-order valence-corrected chi connectivity index (χ1v) is 9.59. The first-order valence-electron chi connectivity index (χ1n) is 9.59. The Labute approximate surface area is 170 Å². The molecule has 0 saturated carbocycles. The largest absolute Gasteiger partial charge is 0.444 e. The predicted molar refractivity (Wildman–Crippen MR) is 110 cm³/mol. The van der Waals surface area contributed by atoms with E-state index in [4.69, 9.17) is 4.74 Å². The Bertz CT molecular complexity index is 942. The van der Waals surface area contributed by atoms with Crippen LogP contribution in [0.1, 0.15) is 45.9 Å². The molecule has 0 radical (unpaired) electrons. The molecule has 2 bridgehead atoms. The van der Waals surface area contributed by atoms with Crippen molar-refractivity contribution in [2.45, 2.75) is 45.8 Å². The lowest BCUT2D eigenvalue weighted by molar-refractivity contribution is -0.118. The highest BCUT2D eigenvalue weighted by Crippen LogP contribution is 2.30. The Hall–Kier alpha value is -3.16. The van der Waals surface area contributed by atoms with E-state index in [1.807, 2.05) is 59.0 Å². The summed E-state index contributed by atoms with van der Waals surface area (Å²) in [5, 5.41) is 10.1. The minimum absolute atomic E-state index is 0.123. The summed E-state index contributed by atoms with van der Waals surface area (Å²) in [7, 11) is 1.82. The van der Waals surface area contributed by atoms with Gasteiger partial charge in [0.25, 0.3) is 0 Å². The Kier molecular flexibility index (Phi) is 5.72. The molecule has 3 heterocycles. The molecule has 2 amide bonds. The van der Waals surface area contributed by atoms with Gasteiger partial charge < -0.3 is 15.4 Å². The molecule has 1 aliphatic heterocycles. The maximum atomic E-state index is 12.5. The molecule has 2 aromatic rings. The van der Waals surface area contributed by atoms with Gasteiger partial charge in [0.1, 0.15) is 5.60 Å². The molecule has 2 aromatic heterocycles. The Morgan fingerprint density at radius 1 is 1.38 bits per heavy atom. The standard InChI is InChI=1S/C21H27N5O3/c1-13-7-6-8-15(25-20(28)29-21(2,3)4)16-11-14(9-10-22-16)18-17(24-19(13)27)12-23-26(18)5/h6-7,9-13,15H,8H2,1-5H3,(H,24,27)(H,25,28)/b7-6-/t13-,15+/m1/s1. The van der Waals surface area contributed by atoms with Crippen LogP contribution in [0.15, 0.2) is 36.7 Å². The van der Waals surface area contributed by atoms with Crippen molar-refractivity contribution in [3.05, 3.63) is 42.4 Å². The smallest absolute Gasteiger partial charge is 0.408 e. The number of carbonyl (C=O) groups is 2. The molecule has 0 aliphatic carbocycles. The van der Waals surface area contributed by atoms with Crippen LogP contribution in [-0.2, 0) is 16.6 Å². The molecule has 0 saturated heterocycles. The number of ether oxygens (including phenoxy) is 1. The third-order valence-electron chi connectivity index (χ3n) is 4.51. The summed E-state index contributed by atoms with van der Waals surface area (Å²) in [6, 6.07) is 3.35. The maximum Gasteiger partial charge on any atom is 0.408 e. The van der Waals surface area contributed by atoms with Gasteiger partial charge in [-0.2, -0.15) is 5.10 Å². The quantitative estimate of drug-likeness (QED) is 0.717. The molecule has 8 nitrogen and oxygen atoms in total. The normalized spacial score (nSPS) is 20.5. The Balaban J connectivity index is 2.02. The minimum Gasteiger partial charge on any atom is -0.444 e. The first-order chi connectivity index (χ1) is 13.6. The monoisotopic (exact) mass is 397 g/mol. The van der Waals surface area contributed by atoms with Gasteiger partial charge in [-0.25, -0.2) is 4.79 Å². The van der Waals surface area contributed by atoms with Crippen LogP contribution in [0.2, 0.25) is 0 Å². The van der Waals surface area contributed by atoms with Crippen LogP contribution < -0.4 is 10.6 Å². The summed E-state index contributed by atoms with van der Waals surface area (Å²) in [5.74, 6) is -0.460. The van der Waals surface area contributed by atoms with Crippen molar-refractivity contribution in [1.82, 2.24) is 20.1 Å². The topological polar surface area (TPSA) is 98.1 Å². The highest BCUT2D eigenvalue weighted by Gasteiger charge is 2.23. The van der Waals surface area contributed by atoms with E-state index < -0.39 is 17.7 Å². The Morgan fingerprint density at radius 2 is 2.14 bits per heavy atom. The van der Waals surface area contributed by atoms with E-state index in [1.54, 1.807) is 17.1 Å². The lowest BCUT2D eigenvalue weighted by Gasteiger charge is -2.23. The number of hydrogen-bond donors (Lipinski definition) is 2. The van der Waals surface area contributed by atoms with E-state index in [9.17, 15) is 9.59 Å². The van der Waals surface area contributed by atoms with E-state index >= 15 is 0 Å². The van der Waals surface area contributed by atoms with Gasteiger partial charge in [-0.05, 0) is 39.3 Å². The zero-order valence-corrected chi connectivity index (χ0v) is 17.4. The fourth-order valence-corrected chi connectivity index (χ4v) is 3.11. The van der Waals surface area contributed by atoms with Crippen LogP contribution in [0, 0.1) is 5.92 Å². The lowest BCUT2D eigenvalue weighted by Crippen LogP contribution is -2.35. The summed E-state index contributed by atoms with van der Waals surface area (Å²) < 4.78 is 7.11. The molecule has 0 spiro atoms. The molecule has 3 rings (SSSR count). The fourth-order valence-electron chi connectivity index (χ4n) is 3.11. The molecular formula is C21H27N5O3. The van der Waals surface area contributed by atoms with Crippen molar-refractivity contribution >= 4 is 17.7 Å². The molecule has 0 unspecified atom stereocenters. The van der Waals surface area contributed by atoms with Gasteiger partial charge in [0, 0.05) is 18.8 Å². The summed E-state index contributed by atoms with van der Waals surface area (Å²) in [5.41, 5.74) is 2.35. The van der Waals surface area contributed by atoms with E-state index in [0.29, 0.717) is 17.8 Å². The summed E-state index contributed by atoms with van der Waals surface area (Å²) in [6.45, 7) is 7.27. The number of nitrogens with zero attached hydrogens (tertiary/aromatic N) is 3. The van der Waals surface area contributed by atoms with Gasteiger partial charge in [0.05, 0.1) is 35.2 Å². The third-order valence-corrected chi connectivity index (χ3v) is 4.51. The number of nitrogens with one attached hydrogen (secondary N) is 2. The minimum atomic E-state index is -0.600. The number of carbonyl (C=O) groups excluding carboxylic acids is 2. The van der Waals surface area contributed by atoms with Gasteiger partial charge in [0.15, 0.2) is 0 Å². The second-order valence-electron chi connectivity index (χ2n) is 8.14. The zero-order chi connectivity index (χ0) is 21.2. The van der Waals surface area contributed by atoms with Crippen molar-refractivity contribution in [2.24, 2.45) is 13.0 Å². The second-order valence-corrected chi connectivity index (χ2v) is 8.14. The number of aryl methyl sites for hydroxylation is 1. The zero-order valence-electron chi connectivity index (χ0n) is 17.4. The SMILES string of the molecule is C[C@@H]1/C=C\C[C@H](NC(=O)OC(C)(C)C)c2cc(ccn2)-c2c(cnn2C)NC1=O. The molecule has 1 aliphatic rings. The van der Waals surface area contributed by atoms with E-state index in [0.717, 1.165) is 11.3 Å². The van der Waals surface area contributed by atoms with E-state index in [1.165, 1.54) is 0 Å². The Morgan fingerprint density at radius 3 is 2.86 bits per heavy atom. The maximum absolute atomic E-state index is 12.5. The molecule has 2 N–H and O–H groups in total. The summed E-state index contributed by atoms with van der Waals surface area (Å²) >= 11 is 0. The molecule has 154 valence electrons. The lowest BCUT2D eigenvalue weighted by atomic mass is 10.0. The molecule has 2 atom stereocenters. The van der Waals surface area contributed by atoms with Gasteiger partial charge in [-0.1, -0.05) is 19.1 Å². The molecular weight excluding hydrogens is 370 g/mol. The number of aromatic nitrogens is 3. The van der Waals surface area contributed by atoms with Gasteiger partial charge >= 0.3 is 6.09 Å². The highest BCUT2D eigenvalue weighted by molar-refractivity contribution is 5.96. The molecule has 29 heavy (non-hydrogen) atoms. The van der Waals surface area contributed by atoms with E-state index in [2.05, 4.69) is 20.7 Å². The number of hydrogen-bond acceptors (Lipinski definition) is 5. The van der Waals surface area contributed by atoms with Gasteiger partial charge in [0.2, 0.25) is 5.91 Å². The van der Waals surface area contributed by atoms with Crippen LogP contribution in [-0.4, -0.2) is 32.4 Å². The predicted octanol–water partition coefficient (Wildman–Crippen LogP) is 3.58. The number of rotatable bonds is 1. The number of alkyl carbamates (subject to hydrolysis) is 1. The van der Waals surface area contributed by atoms with Gasteiger partial charge in [-0.3, -0.25) is 14.5 Å². The summed E-state index contributed by atoms with van der Waals surface area (Å²) in [6.07, 6.45) is 6.98. The van der Waals surface area contributed by atoms with Gasteiger partial charge in [-0.15, -0.1) is 0 Å². The fraction of sp³-hybridized carbons (Fsp3) is 0.429. The highest BCUT2D eigenvalue weighted by atomic mass is 16.6. The van der Waals surface area contributed by atoms with Crippen LogP contribution in [0.5, 0.6) is 0 Å². The average Bonchev–Trinajstić information content (AvgIpc) is 2.98. The van der Waals surface area contributed by atoms with Crippen molar-refractivity contribution in [3.8, 4) is 11.3 Å². The molecule has 0 aromatic carbocycles. The number of fused-ring (bicyclic) bond motifs is 4. The third kappa shape index (κ3) is 5.01. The van der Waals surface area contributed by atoms with Crippen molar-refractivity contribution in [3.63, 3.8) is 0 Å². The van der Waals surface area contributed by atoms with Crippen LogP contribution in [0.4, 0.5) is 10.5 Å². The number of pyridine rings is 1. The van der Waals surface area contributed by atoms with Crippen molar-refractivity contribution < 1.29 is 14.3 Å². The van der Waals surface area contributed by atoms with Crippen molar-refractivity contribution in [1.29, 1.82) is 0 Å². The average molecular weight is 397 g/mol. The van der Waals surface area contributed by atoms with Crippen LogP contribution >= 0.6 is 0 Å². The number of anilines is 1. The van der Waals surface area contributed by atoms with Crippen molar-refractivity contribution in [2.75, 3.05) is 5.32 Å². The second kappa shape index (κ2) is 8.06.